The minimum atomic E-state index is -0.180. The quantitative estimate of drug-likeness (QED) is 0.714. The molecule has 1 rings (SSSR count). The van der Waals surface area contributed by atoms with Crippen LogP contribution < -0.4 is 5.73 Å². The summed E-state index contributed by atoms with van der Waals surface area (Å²) in [5, 5.41) is 0. The van der Waals surface area contributed by atoms with E-state index in [0.717, 1.165) is 12.8 Å². The SMILES string of the molecule is CC(C)N(C)C(=O)CC1(N)CCC1. The van der Waals surface area contributed by atoms with Crippen molar-refractivity contribution in [2.24, 2.45) is 5.73 Å². The first-order chi connectivity index (χ1) is 5.94. The van der Waals surface area contributed by atoms with Gasteiger partial charge in [-0.25, -0.2) is 0 Å². The highest BCUT2D eigenvalue weighted by Gasteiger charge is 2.35. The van der Waals surface area contributed by atoms with Crippen LogP contribution in [0.1, 0.15) is 39.5 Å². The number of amides is 1. The van der Waals surface area contributed by atoms with Gasteiger partial charge in [-0.15, -0.1) is 0 Å². The van der Waals surface area contributed by atoms with Gasteiger partial charge in [-0.2, -0.15) is 0 Å². The van der Waals surface area contributed by atoms with Crippen molar-refractivity contribution in [2.75, 3.05) is 7.05 Å². The smallest absolute Gasteiger partial charge is 0.224 e. The largest absolute Gasteiger partial charge is 0.343 e. The molecule has 76 valence electrons. The molecule has 1 aliphatic carbocycles. The maximum Gasteiger partial charge on any atom is 0.224 e. The maximum absolute atomic E-state index is 11.6. The van der Waals surface area contributed by atoms with Crippen molar-refractivity contribution in [1.82, 2.24) is 4.90 Å². The van der Waals surface area contributed by atoms with Crippen LogP contribution in [0.3, 0.4) is 0 Å². The molecule has 3 nitrogen and oxygen atoms in total. The van der Waals surface area contributed by atoms with E-state index in [0.29, 0.717) is 6.42 Å². The van der Waals surface area contributed by atoms with Gasteiger partial charge in [0.15, 0.2) is 0 Å². The Labute approximate surface area is 80.3 Å². The molecule has 1 fully saturated rings. The summed E-state index contributed by atoms with van der Waals surface area (Å²) < 4.78 is 0. The molecule has 0 spiro atoms. The van der Waals surface area contributed by atoms with E-state index in [2.05, 4.69) is 0 Å². The summed E-state index contributed by atoms with van der Waals surface area (Å²) in [7, 11) is 1.84. The number of nitrogens with zero attached hydrogens (tertiary/aromatic N) is 1. The molecule has 1 saturated carbocycles. The Balaban J connectivity index is 2.40. The van der Waals surface area contributed by atoms with Crippen LogP contribution in [0.25, 0.3) is 0 Å². The molecule has 2 N–H and O–H groups in total. The average Bonchev–Trinajstić information content (AvgIpc) is 1.99. The van der Waals surface area contributed by atoms with Gasteiger partial charge >= 0.3 is 0 Å². The zero-order chi connectivity index (χ0) is 10.1. The Morgan fingerprint density at radius 3 is 2.38 bits per heavy atom. The molecule has 0 aromatic heterocycles. The molecule has 0 aromatic carbocycles. The van der Waals surface area contributed by atoms with Crippen LogP contribution in [0, 0.1) is 0 Å². The second-order valence-corrected chi connectivity index (χ2v) is 4.49. The van der Waals surface area contributed by atoms with Crippen molar-refractivity contribution in [3.05, 3.63) is 0 Å². The van der Waals surface area contributed by atoms with E-state index in [4.69, 9.17) is 5.73 Å². The highest BCUT2D eigenvalue weighted by molar-refractivity contribution is 5.77. The van der Waals surface area contributed by atoms with Crippen molar-refractivity contribution in [2.45, 2.75) is 51.1 Å². The zero-order valence-corrected chi connectivity index (χ0v) is 8.84. The molecule has 3 heteroatoms. The summed E-state index contributed by atoms with van der Waals surface area (Å²) in [5.74, 6) is 0.178. The minimum absolute atomic E-state index is 0.178. The summed E-state index contributed by atoms with van der Waals surface area (Å²) in [6, 6.07) is 0.274. The van der Waals surface area contributed by atoms with Gasteiger partial charge in [-0.05, 0) is 33.1 Å². The number of rotatable bonds is 3. The second kappa shape index (κ2) is 3.66. The topological polar surface area (TPSA) is 46.3 Å². The van der Waals surface area contributed by atoms with Crippen molar-refractivity contribution in [1.29, 1.82) is 0 Å². The molecule has 1 aliphatic rings. The van der Waals surface area contributed by atoms with Crippen LogP contribution in [0.5, 0.6) is 0 Å². The van der Waals surface area contributed by atoms with E-state index in [-0.39, 0.29) is 17.5 Å². The van der Waals surface area contributed by atoms with Gasteiger partial charge < -0.3 is 10.6 Å². The summed E-state index contributed by atoms with van der Waals surface area (Å²) in [5.41, 5.74) is 5.81. The van der Waals surface area contributed by atoms with Crippen LogP contribution in [0.15, 0.2) is 0 Å². The normalized spacial score (nSPS) is 19.8. The standard InChI is InChI=1S/C10H20N2O/c1-8(2)12(3)9(13)7-10(11)5-4-6-10/h8H,4-7,11H2,1-3H3. The maximum atomic E-state index is 11.6. The van der Waals surface area contributed by atoms with Gasteiger partial charge in [0.05, 0.1) is 0 Å². The Morgan fingerprint density at radius 2 is 2.08 bits per heavy atom. The molecule has 0 heterocycles. The fourth-order valence-electron chi connectivity index (χ4n) is 1.52. The highest BCUT2D eigenvalue weighted by atomic mass is 16.2. The molecule has 1 amide bonds. The average molecular weight is 184 g/mol. The van der Waals surface area contributed by atoms with Gasteiger partial charge in [0.1, 0.15) is 0 Å². The van der Waals surface area contributed by atoms with E-state index in [9.17, 15) is 4.79 Å². The van der Waals surface area contributed by atoms with E-state index >= 15 is 0 Å². The summed E-state index contributed by atoms with van der Waals surface area (Å²) in [4.78, 5) is 13.4. The highest BCUT2D eigenvalue weighted by Crippen LogP contribution is 2.32. The molecule has 13 heavy (non-hydrogen) atoms. The number of nitrogens with two attached hydrogens (primary N) is 1. The van der Waals surface area contributed by atoms with E-state index < -0.39 is 0 Å². The Bertz CT molecular complexity index is 197. The van der Waals surface area contributed by atoms with Gasteiger partial charge in [-0.3, -0.25) is 4.79 Å². The molecule has 0 atom stereocenters. The van der Waals surface area contributed by atoms with Gasteiger partial charge in [0.25, 0.3) is 0 Å². The van der Waals surface area contributed by atoms with Crippen molar-refractivity contribution in [3.63, 3.8) is 0 Å². The summed E-state index contributed by atoms with van der Waals surface area (Å²) in [6.45, 7) is 4.03. The predicted octanol–water partition coefficient (Wildman–Crippen LogP) is 1.12. The van der Waals surface area contributed by atoms with Crippen molar-refractivity contribution in [3.8, 4) is 0 Å². The molecule has 0 radical (unpaired) electrons. The fraction of sp³-hybridized carbons (Fsp3) is 0.900. The predicted molar refractivity (Wildman–Crippen MR) is 53.3 cm³/mol. The molecule has 0 aromatic rings. The molecular formula is C10H20N2O. The summed E-state index contributed by atoms with van der Waals surface area (Å²) in [6.07, 6.45) is 3.70. The van der Waals surface area contributed by atoms with Gasteiger partial charge in [0.2, 0.25) is 5.91 Å². The first-order valence-electron chi connectivity index (χ1n) is 4.99. The Kier molecular flexibility index (Phi) is 2.96. The lowest BCUT2D eigenvalue weighted by atomic mass is 9.75. The van der Waals surface area contributed by atoms with E-state index in [1.165, 1.54) is 6.42 Å². The third-order valence-electron chi connectivity index (χ3n) is 3.02. The lowest BCUT2D eigenvalue weighted by Gasteiger charge is -2.39. The minimum Gasteiger partial charge on any atom is -0.343 e. The van der Waals surface area contributed by atoms with Crippen LogP contribution >= 0.6 is 0 Å². The first kappa shape index (κ1) is 10.5. The van der Waals surface area contributed by atoms with E-state index in [1.807, 2.05) is 20.9 Å². The lowest BCUT2D eigenvalue weighted by molar-refractivity contribution is -0.133. The fourth-order valence-corrected chi connectivity index (χ4v) is 1.52. The molecule has 0 aliphatic heterocycles. The monoisotopic (exact) mass is 184 g/mol. The third kappa shape index (κ3) is 2.44. The van der Waals surface area contributed by atoms with Gasteiger partial charge in [-0.1, -0.05) is 0 Å². The molecule has 0 saturated heterocycles. The third-order valence-corrected chi connectivity index (χ3v) is 3.02. The first-order valence-corrected chi connectivity index (χ1v) is 4.99. The second-order valence-electron chi connectivity index (χ2n) is 4.49. The summed E-state index contributed by atoms with van der Waals surface area (Å²) >= 11 is 0. The number of carbonyl (C=O) groups is 1. The molecular weight excluding hydrogens is 164 g/mol. The number of carbonyl (C=O) groups excluding carboxylic acids is 1. The molecule has 0 bridgehead atoms. The number of hydrogen-bond acceptors (Lipinski definition) is 2. The Morgan fingerprint density at radius 1 is 1.54 bits per heavy atom. The molecule has 0 unspecified atom stereocenters. The van der Waals surface area contributed by atoms with Gasteiger partial charge in [0, 0.05) is 25.0 Å². The Hall–Kier alpha value is -0.570. The number of hydrogen-bond donors (Lipinski definition) is 1. The van der Waals surface area contributed by atoms with Crippen molar-refractivity contribution < 1.29 is 4.79 Å². The van der Waals surface area contributed by atoms with Crippen molar-refractivity contribution >= 4 is 5.91 Å². The van der Waals surface area contributed by atoms with Crippen LogP contribution in [-0.4, -0.2) is 29.4 Å². The van der Waals surface area contributed by atoms with Crippen LogP contribution in [0.4, 0.5) is 0 Å². The lowest BCUT2D eigenvalue weighted by Crippen LogP contribution is -2.50. The van der Waals surface area contributed by atoms with Crippen LogP contribution in [-0.2, 0) is 4.79 Å². The van der Waals surface area contributed by atoms with E-state index in [1.54, 1.807) is 4.90 Å². The van der Waals surface area contributed by atoms with Crippen LogP contribution in [0.2, 0.25) is 0 Å². The zero-order valence-electron chi connectivity index (χ0n) is 8.84.